The first-order valence-electron chi connectivity index (χ1n) is 7.35. The minimum absolute atomic E-state index is 1.12. The van der Waals surface area contributed by atoms with Gasteiger partial charge in [-0.25, -0.2) is 0 Å². The number of allylic oxidation sites excluding steroid dienone is 4. The van der Waals surface area contributed by atoms with Crippen molar-refractivity contribution in [1.82, 2.24) is 0 Å². The van der Waals surface area contributed by atoms with Crippen molar-refractivity contribution in [3.8, 4) is 0 Å². The summed E-state index contributed by atoms with van der Waals surface area (Å²) in [6.07, 6.45) is 10.1. The molecule has 0 aliphatic heterocycles. The lowest BCUT2D eigenvalue weighted by molar-refractivity contribution is 1.05. The zero-order chi connectivity index (χ0) is 15.8. The molecule has 0 heterocycles. The van der Waals surface area contributed by atoms with Crippen LogP contribution in [0.1, 0.15) is 44.7 Å². The summed E-state index contributed by atoms with van der Waals surface area (Å²) in [5, 5.41) is 0. The van der Waals surface area contributed by atoms with Crippen molar-refractivity contribution in [2.75, 3.05) is 0 Å². The molecule has 1 aliphatic carbocycles. The Bertz CT molecular complexity index is 377. The average Bonchev–Trinajstić information content (AvgIpc) is 2.61. The predicted molar refractivity (Wildman–Crippen MR) is 96.0 cm³/mol. The Hall–Kier alpha value is -1.82. The van der Waals surface area contributed by atoms with E-state index in [0.717, 1.165) is 6.42 Å². The van der Waals surface area contributed by atoms with Gasteiger partial charge in [-0.15, -0.1) is 26.3 Å². The molecule has 2 rings (SSSR count). The van der Waals surface area contributed by atoms with Crippen LogP contribution >= 0.6 is 0 Å². The molecule has 0 saturated carbocycles. The Morgan fingerprint density at radius 2 is 1.50 bits per heavy atom. The van der Waals surface area contributed by atoms with Crippen molar-refractivity contribution in [1.29, 1.82) is 0 Å². The zero-order valence-corrected chi connectivity index (χ0v) is 13.5. The van der Waals surface area contributed by atoms with Gasteiger partial charge in [-0.2, -0.15) is 0 Å². The highest BCUT2D eigenvalue weighted by Gasteiger charge is 2.02. The van der Waals surface area contributed by atoms with Gasteiger partial charge in [0.2, 0.25) is 0 Å². The molecule has 0 aromatic heterocycles. The Balaban J connectivity index is 0. The quantitative estimate of drug-likeness (QED) is 0.530. The van der Waals surface area contributed by atoms with Crippen LogP contribution < -0.4 is 0 Å². The third-order valence-corrected chi connectivity index (χ3v) is 2.75. The molecule has 0 N–H and O–H groups in total. The first-order valence-corrected chi connectivity index (χ1v) is 7.35. The van der Waals surface area contributed by atoms with E-state index in [1.54, 1.807) is 0 Å². The van der Waals surface area contributed by atoms with Gasteiger partial charge in [0.05, 0.1) is 0 Å². The van der Waals surface area contributed by atoms with Crippen molar-refractivity contribution in [3.05, 3.63) is 79.9 Å². The largest absolute Gasteiger partial charge is 0.106 e. The van der Waals surface area contributed by atoms with E-state index >= 15 is 0 Å². The van der Waals surface area contributed by atoms with Gasteiger partial charge >= 0.3 is 0 Å². The fraction of sp³-hybridized carbons (Fsp3) is 0.300. The predicted octanol–water partition coefficient (Wildman–Crippen LogP) is 6.61. The summed E-state index contributed by atoms with van der Waals surface area (Å²) in [5.41, 5.74) is 4.27. The number of hydrogen-bond donors (Lipinski definition) is 0. The second kappa shape index (κ2) is 15.2. The van der Waals surface area contributed by atoms with Crippen molar-refractivity contribution in [2.45, 2.75) is 40.0 Å². The van der Waals surface area contributed by atoms with E-state index < -0.39 is 0 Å². The fourth-order valence-electron chi connectivity index (χ4n) is 1.80. The molecule has 0 saturated heterocycles. The maximum Gasteiger partial charge on any atom is -0.0224 e. The SMILES string of the molecule is C=C.C=C.CC.CCc1ccc(C2=CC=CCC2)cc1. The topological polar surface area (TPSA) is 0 Å². The van der Waals surface area contributed by atoms with Gasteiger partial charge in [-0.1, -0.05) is 63.3 Å². The molecule has 110 valence electrons. The number of hydrogen-bond acceptors (Lipinski definition) is 0. The van der Waals surface area contributed by atoms with Gasteiger partial charge in [-0.05, 0) is 36.0 Å². The number of benzene rings is 1. The molecule has 0 spiro atoms. The van der Waals surface area contributed by atoms with Crippen LogP contribution in [-0.2, 0) is 6.42 Å². The summed E-state index contributed by atoms with van der Waals surface area (Å²) in [6.45, 7) is 18.2. The Labute approximate surface area is 126 Å². The Kier molecular flexibility index (Phi) is 15.6. The highest BCUT2D eigenvalue weighted by molar-refractivity contribution is 5.68. The first-order chi connectivity index (χ1) is 9.90. The standard InChI is InChI=1S/C14H16.C2H6.2C2H4/c1-2-12-8-10-14(11-9-12)13-6-4-3-5-7-13;3*1-2/h3-4,6,8-11H,2,5,7H2,1H3;1-2H3;2*1-2H2. The van der Waals surface area contributed by atoms with E-state index in [0.29, 0.717) is 0 Å². The third-order valence-electron chi connectivity index (χ3n) is 2.75. The number of aryl methyl sites for hydroxylation is 1. The summed E-state index contributed by atoms with van der Waals surface area (Å²) in [6, 6.07) is 8.94. The monoisotopic (exact) mass is 270 g/mol. The molecule has 0 nitrogen and oxygen atoms in total. The molecule has 0 fully saturated rings. The van der Waals surface area contributed by atoms with Crippen LogP contribution in [0, 0.1) is 0 Å². The van der Waals surface area contributed by atoms with Crippen LogP contribution in [-0.4, -0.2) is 0 Å². The van der Waals surface area contributed by atoms with Gasteiger partial charge in [0.15, 0.2) is 0 Å². The summed E-state index contributed by atoms with van der Waals surface area (Å²) in [5.74, 6) is 0. The summed E-state index contributed by atoms with van der Waals surface area (Å²) >= 11 is 0. The van der Waals surface area contributed by atoms with Crippen molar-refractivity contribution in [2.24, 2.45) is 0 Å². The minimum Gasteiger partial charge on any atom is -0.106 e. The zero-order valence-electron chi connectivity index (χ0n) is 13.5. The first kappa shape index (κ1) is 20.5. The molecular formula is C20H30. The fourth-order valence-corrected chi connectivity index (χ4v) is 1.80. The highest BCUT2D eigenvalue weighted by atomic mass is 14.1. The number of rotatable bonds is 2. The van der Waals surface area contributed by atoms with Crippen LogP contribution in [0.25, 0.3) is 5.57 Å². The molecule has 1 aromatic carbocycles. The smallest absolute Gasteiger partial charge is 0.0224 e. The summed E-state index contributed by atoms with van der Waals surface area (Å²) in [4.78, 5) is 0. The summed E-state index contributed by atoms with van der Waals surface area (Å²) in [7, 11) is 0. The molecule has 0 bridgehead atoms. The van der Waals surface area contributed by atoms with Gasteiger partial charge < -0.3 is 0 Å². The lowest BCUT2D eigenvalue weighted by atomic mass is 9.96. The van der Waals surface area contributed by atoms with Gasteiger partial charge in [0.25, 0.3) is 0 Å². The van der Waals surface area contributed by atoms with E-state index in [4.69, 9.17) is 0 Å². The van der Waals surface area contributed by atoms with Crippen LogP contribution in [0.2, 0.25) is 0 Å². The molecule has 1 aromatic rings. The van der Waals surface area contributed by atoms with E-state index in [-0.39, 0.29) is 0 Å². The van der Waals surface area contributed by atoms with Crippen LogP contribution in [0.15, 0.2) is 68.8 Å². The Morgan fingerprint density at radius 1 is 0.950 bits per heavy atom. The molecule has 0 atom stereocenters. The van der Waals surface area contributed by atoms with E-state index in [1.807, 2.05) is 13.8 Å². The molecule has 0 unspecified atom stereocenters. The second-order valence-corrected chi connectivity index (χ2v) is 3.71. The van der Waals surface area contributed by atoms with E-state index in [9.17, 15) is 0 Å². The average molecular weight is 270 g/mol. The van der Waals surface area contributed by atoms with Crippen molar-refractivity contribution >= 4 is 5.57 Å². The van der Waals surface area contributed by atoms with Crippen molar-refractivity contribution < 1.29 is 0 Å². The minimum atomic E-state index is 1.12. The normalized spacial score (nSPS) is 11.4. The van der Waals surface area contributed by atoms with Gasteiger partial charge in [0, 0.05) is 0 Å². The molecule has 0 amide bonds. The molecule has 20 heavy (non-hydrogen) atoms. The Morgan fingerprint density at radius 3 is 1.90 bits per heavy atom. The lowest BCUT2D eigenvalue weighted by Gasteiger charge is -2.09. The second-order valence-electron chi connectivity index (χ2n) is 3.71. The molecule has 0 radical (unpaired) electrons. The van der Waals surface area contributed by atoms with Crippen LogP contribution in [0.3, 0.4) is 0 Å². The van der Waals surface area contributed by atoms with E-state index in [1.165, 1.54) is 29.5 Å². The van der Waals surface area contributed by atoms with E-state index in [2.05, 4.69) is 75.7 Å². The summed E-state index contributed by atoms with van der Waals surface area (Å²) < 4.78 is 0. The van der Waals surface area contributed by atoms with Crippen LogP contribution in [0.4, 0.5) is 0 Å². The van der Waals surface area contributed by atoms with Gasteiger partial charge in [-0.3, -0.25) is 0 Å². The molecule has 0 heteroatoms. The third kappa shape index (κ3) is 7.58. The maximum absolute atomic E-state index is 3.00. The molecular weight excluding hydrogens is 240 g/mol. The maximum atomic E-state index is 3.00. The lowest BCUT2D eigenvalue weighted by Crippen LogP contribution is -1.88. The van der Waals surface area contributed by atoms with Crippen molar-refractivity contribution in [3.63, 3.8) is 0 Å². The highest BCUT2D eigenvalue weighted by Crippen LogP contribution is 2.23. The van der Waals surface area contributed by atoms with Crippen LogP contribution in [0.5, 0.6) is 0 Å². The van der Waals surface area contributed by atoms with Gasteiger partial charge in [0.1, 0.15) is 0 Å². The molecule has 1 aliphatic rings.